The third kappa shape index (κ3) is 2.75. The molecule has 2 aliphatic carbocycles. The molecule has 1 aromatic carbocycles. The normalized spacial score (nSPS) is 27.8. The second kappa shape index (κ2) is 5.85. The third-order valence-corrected chi connectivity index (χ3v) is 6.15. The van der Waals surface area contributed by atoms with Crippen LogP contribution in [-0.4, -0.2) is 23.0 Å². The highest BCUT2D eigenvalue weighted by molar-refractivity contribution is 6.17. The summed E-state index contributed by atoms with van der Waals surface area (Å²) in [6, 6.07) is 5.82. The molecule has 3 aliphatic rings. The average molecular weight is 384 g/mol. The van der Waals surface area contributed by atoms with E-state index in [9.17, 15) is 18.8 Å². The Labute approximate surface area is 164 Å². The van der Waals surface area contributed by atoms with Crippen LogP contribution in [0.15, 0.2) is 35.6 Å². The zero-order chi connectivity index (χ0) is 20.5. The van der Waals surface area contributed by atoms with Crippen LogP contribution in [0.3, 0.4) is 0 Å². The monoisotopic (exact) mass is 384 g/mol. The Bertz CT molecular complexity index is 918. The third-order valence-electron chi connectivity index (χ3n) is 6.15. The number of carbonyl (C=O) groups excluding carboxylic acids is 3. The zero-order valence-corrected chi connectivity index (χ0v) is 16.7. The van der Waals surface area contributed by atoms with Crippen LogP contribution in [-0.2, 0) is 19.1 Å². The second-order valence-electron chi connectivity index (χ2n) is 9.97. The first kappa shape index (κ1) is 19.0. The van der Waals surface area contributed by atoms with E-state index in [1.807, 2.05) is 27.7 Å². The van der Waals surface area contributed by atoms with Gasteiger partial charge in [0.15, 0.2) is 17.3 Å². The molecule has 0 radical (unpaired) electrons. The Morgan fingerprint density at radius 3 is 2.14 bits per heavy atom. The lowest BCUT2D eigenvalue weighted by atomic mass is 9.61. The van der Waals surface area contributed by atoms with E-state index >= 15 is 0 Å². The maximum Gasteiger partial charge on any atom is 0.234 e. The zero-order valence-electron chi connectivity index (χ0n) is 16.7. The first-order valence-corrected chi connectivity index (χ1v) is 9.73. The number of halogens is 1. The fraction of sp³-hybridized carbons (Fsp3) is 0.522. The topological polar surface area (TPSA) is 60.4 Å². The van der Waals surface area contributed by atoms with Crippen LogP contribution in [0.25, 0.3) is 0 Å². The van der Waals surface area contributed by atoms with E-state index in [1.165, 1.54) is 18.2 Å². The van der Waals surface area contributed by atoms with Gasteiger partial charge in [0.25, 0.3) is 0 Å². The molecule has 1 heterocycles. The van der Waals surface area contributed by atoms with Gasteiger partial charge in [-0.15, -0.1) is 0 Å². The Morgan fingerprint density at radius 2 is 1.54 bits per heavy atom. The quantitative estimate of drug-likeness (QED) is 0.678. The summed E-state index contributed by atoms with van der Waals surface area (Å²) >= 11 is 0. The molecule has 0 aromatic heterocycles. The van der Waals surface area contributed by atoms with Crippen molar-refractivity contribution in [3.05, 3.63) is 47.0 Å². The van der Waals surface area contributed by atoms with E-state index in [0.717, 1.165) is 0 Å². The molecule has 1 saturated carbocycles. The summed E-state index contributed by atoms with van der Waals surface area (Å²) < 4.78 is 20.2. The van der Waals surface area contributed by atoms with E-state index in [0.29, 0.717) is 29.7 Å². The van der Waals surface area contributed by atoms with Crippen LogP contribution in [0.1, 0.15) is 64.9 Å². The van der Waals surface area contributed by atoms with Crippen LogP contribution in [0.4, 0.5) is 4.39 Å². The Hall–Kier alpha value is -2.30. The van der Waals surface area contributed by atoms with Crippen LogP contribution >= 0.6 is 0 Å². The fourth-order valence-electron chi connectivity index (χ4n) is 5.02. The van der Waals surface area contributed by atoms with Crippen molar-refractivity contribution < 1.29 is 23.5 Å². The minimum absolute atomic E-state index is 0.122. The number of hydrogen-bond acceptors (Lipinski definition) is 4. The summed E-state index contributed by atoms with van der Waals surface area (Å²) in [4.78, 5) is 39.8. The van der Waals surface area contributed by atoms with Crippen molar-refractivity contribution in [2.75, 3.05) is 0 Å². The predicted molar refractivity (Wildman–Crippen MR) is 101 cm³/mol. The first-order chi connectivity index (χ1) is 13.0. The van der Waals surface area contributed by atoms with Gasteiger partial charge in [-0.1, -0.05) is 39.8 Å². The summed E-state index contributed by atoms with van der Waals surface area (Å²) in [5.74, 6) is -1.68. The number of allylic oxidation sites excluding steroid dienone is 1. The maximum atomic E-state index is 14.0. The highest BCUT2D eigenvalue weighted by atomic mass is 19.1. The van der Waals surface area contributed by atoms with Gasteiger partial charge in [0.2, 0.25) is 5.60 Å². The number of Topliss-reactive ketones (excluding diaryl/α,β-unsaturated/α-hetero) is 3. The minimum atomic E-state index is -1.75. The summed E-state index contributed by atoms with van der Waals surface area (Å²) in [6.07, 6.45) is 1.15. The van der Waals surface area contributed by atoms with Crippen LogP contribution in [0, 0.1) is 16.6 Å². The van der Waals surface area contributed by atoms with E-state index < -0.39 is 22.8 Å². The number of hydrogen-bond donors (Lipinski definition) is 0. The fourth-order valence-corrected chi connectivity index (χ4v) is 5.02. The lowest BCUT2D eigenvalue weighted by molar-refractivity contribution is -0.160. The van der Waals surface area contributed by atoms with Crippen LogP contribution < -0.4 is 0 Å². The molecule has 28 heavy (non-hydrogen) atoms. The SMILES string of the molecule is CC1(C)CC(=O)C2(OC3=C(C(=O)CC(C)(C)C3)[C@@H]2c2cccc(F)c2)C(=O)C1. The standard InChI is InChI=1S/C23H25FO4/c1-21(2)9-15(25)19-16(10-21)28-23(17(26)11-22(3,4)12-18(23)27)20(19)13-6-5-7-14(24)8-13/h5-8,20H,9-12H2,1-4H3/t20-/m0/s1. The van der Waals surface area contributed by atoms with Gasteiger partial charge in [-0.3, -0.25) is 14.4 Å². The smallest absolute Gasteiger partial charge is 0.234 e. The van der Waals surface area contributed by atoms with Crippen molar-refractivity contribution in [3.63, 3.8) is 0 Å². The van der Waals surface area contributed by atoms with Gasteiger partial charge in [-0.05, 0) is 28.5 Å². The molecule has 4 rings (SSSR count). The lowest BCUT2D eigenvalue weighted by Gasteiger charge is -2.41. The molecule has 1 aromatic rings. The van der Waals surface area contributed by atoms with Gasteiger partial charge in [0, 0.05) is 31.3 Å². The van der Waals surface area contributed by atoms with Gasteiger partial charge in [-0.2, -0.15) is 0 Å². The van der Waals surface area contributed by atoms with Crippen LogP contribution in [0.5, 0.6) is 0 Å². The van der Waals surface area contributed by atoms with Crippen molar-refractivity contribution in [2.45, 2.75) is 64.9 Å². The molecule has 0 unspecified atom stereocenters. The van der Waals surface area contributed by atoms with E-state index in [-0.39, 0.29) is 35.6 Å². The van der Waals surface area contributed by atoms with E-state index in [4.69, 9.17) is 4.74 Å². The number of ether oxygens (including phenoxy) is 1. The molecule has 1 spiro atoms. The summed E-state index contributed by atoms with van der Waals surface area (Å²) in [6.45, 7) is 7.69. The average Bonchev–Trinajstić information content (AvgIpc) is 2.87. The van der Waals surface area contributed by atoms with Gasteiger partial charge in [0.05, 0.1) is 5.92 Å². The highest BCUT2D eigenvalue weighted by Gasteiger charge is 2.65. The molecule has 4 nitrogen and oxygen atoms in total. The van der Waals surface area contributed by atoms with Gasteiger partial charge in [0.1, 0.15) is 11.6 Å². The van der Waals surface area contributed by atoms with Gasteiger partial charge >= 0.3 is 0 Å². The van der Waals surface area contributed by atoms with Crippen molar-refractivity contribution in [3.8, 4) is 0 Å². The Morgan fingerprint density at radius 1 is 0.929 bits per heavy atom. The predicted octanol–water partition coefficient (Wildman–Crippen LogP) is 4.28. The van der Waals surface area contributed by atoms with Crippen molar-refractivity contribution in [1.82, 2.24) is 0 Å². The molecular formula is C23H25FO4. The lowest BCUT2D eigenvalue weighted by Crippen LogP contribution is -2.57. The summed E-state index contributed by atoms with van der Waals surface area (Å²) in [5.41, 5.74) is -1.69. The molecule has 0 amide bonds. The van der Waals surface area contributed by atoms with Crippen molar-refractivity contribution in [1.29, 1.82) is 0 Å². The molecule has 1 atom stereocenters. The summed E-state index contributed by atoms with van der Waals surface area (Å²) in [5, 5.41) is 0. The number of rotatable bonds is 1. The van der Waals surface area contributed by atoms with E-state index in [1.54, 1.807) is 6.07 Å². The molecule has 0 saturated heterocycles. The van der Waals surface area contributed by atoms with Crippen LogP contribution in [0.2, 0.25) is 0 Å². The number of ketones is 3. The molecule has 0 bridgehead atoms. The highest BCUT2D eigenvalue weighted by Crippen LogP contribution is 2.57. The second-order valence-corrected chi connectivity index (χ2v) is 9.97. The van der Waals surface area contributed by atoms with Crippen molar-refractivity contribution >= 4 is 17.3 Å². The largest absolute Gasteiger partial charge is 0.474 e. The molecule has 1 fully saturated rings. The van der Waals surface area contributed by atoms with Crippen molar-refractivity contribution in [2.24, 2.45) is 10.8 Å². The Kier molecular flexibility index (Phi) is 3.98. The summed E-state index contributed by atoms with van der Waals surface area (Å²) in [7, 11) is 0. The van der Waals surface area contributed by atoms with E-state index in [2.05, 4.69) is 0 Å². The molecule has 0 N–H and O–H groups in total. The minimum Gasteiger partial charge on any atom is -0.474 e. The number of benzene rings is 1. The molecule has 148 valence electrons. The molecule has 5 heteroatoms. The van der Waals surface area contributed by atoms with Gasteiger partial charge in [-0.25, -0.2) is 4.39 Å². The van der Waals surface area contributed by atoms with Gasteiger partial charge < -0.3 is 4.74 Å². The first-order valence-electron chi connectivity index (χ1n) is 9.73. The molecule has 1 aliphatic heterocycles. The number of carbonyl (C=O) groups is 3. The molecular weight excluding hydrogens is 359 g/mol. The Balaban J connectivity index is 1.92. The maximum absolute atomic E-state index is 14.0.